The highest BCUT2D eigenvalue weighted by Crippen LogP contribution is 2.23. The van der Waals surface area contributed by atoms with Gasteiger partial charge < -0.3 is 9.64 Å². The molecule has 0 N–H and O–H groups in total. The first-order valence-corrected chi connectivity index (χ1v) is 10.9. The molecule has 0 bridgehead atoms. The molecule has 4 rings (SSSR count). The number of likely N-dealkylation sites (tertiary alicyclic amines) is 2. The van der Waals surface area contributed by atoms with Gasteiger partial charge in [-0.2, -0.15) is 0 Å². The summed E-state index contributed by atoms with van der Waals surface area (Å²) in [5.41, 5.74) is 1.77. The maximum Gasteiger partial charge on any atom is 0.276 e. The minimum Gasteiger partial charge on any atom is -0.494 e. The van der Waals surface area contributed by atoms with E-state index in [2.05, 4.69) is 27.3 Å². The number of hydrogen-bond donors (Lipinski definition) is 0. The fourth-order valence-corrected chi connectivity index (χ4v) is 4.32. The molecule has 1 aromatic carbocycles. The molecule has 0 spiro atoms. The molecule has 0 aliphatic carbocycles. The molecule has 1 amide bonds. The first kappa shape index (κ1) is 19.9. The summed E-state index contributed by atoms with van der Waals surface area (Å²) in [5.74, 6) is 0.944. The number of nitrogens with zero attached hydrogens (tertiary/aromatic N) is 5. The van der Waals surface area contributed by atoms with Crippen LogP contribution >= 0.6 is 0 Å². The predicted octanol–water partition coefficient (Wildman–Crippen LogP) is 3.14. The van der Waals surface area contributed by atoms with E-state index in [0.717, 1.165) is 64.2 Å². The molecule has 0 saturated carbocycles. The van der Waals surface area contributed by atoms with Crippen molar-refractivity contribution in [2.75, 3.05) is 32.8 Å². The van der Waals surface area contributed by atoms with Gasteiger partial charge in [0.1, 0.15) is 5.75 Å². The number of carbonyl (C=O) groups is 1. The second kappa shape index (κ2) is 9.39. The topological polar surface area (TPSA) is 63.5 Å². The normalized spacial score (nSPS) is 20.6. The molecule has 7 heteroatoms. The molecule has 3 heterocycles. The smallest absolute Gasteiger partial charge is 0.276 e. The van der Waals surface area contributed by atoms with Crippen LogP contribution in [0.25, 0.3) is 0 Å². The molecule has 1 atom stereocenters. The van der Waals surface area contributed by atoms with Gasteiger partial charge in [-0.1, -0.05) is 17.3 Å². The van der Waals surface area contributed by atoms with Crippen LogP contribution in [-0.2, 0) is 6.54 Å². The van der Waals surface area contributed by atoms with Gasteiger partial charge in [-0.15, -0.1) is 5.10 Å². The maximum absolute atomic E-state index is 12.7. The molecular formula is C22H31N5O2. The zero-order valence-corrected chi connectivity index (χ0v) is 17.3. The Morgan fingerprint density at radius 3 is 2.66 bits per heavy atom. The largest absolute Gasteiger partial charge is 0.494 e. The lowest BCUT2D eigenvalue weighted by Crippen LogP contribution is -2.36. The fourth-order valence-electron chi connectivity index (χ4n) is 4.32. The van der Waals surface area contributed by atoms with E-state index in [9.17, 15) is 4.79 Å². The average molecular weight is 398 g/mol. The van der Waals surface area contributed by atoms with Crippen LogP contribution in [0.2, 0.25) is 0 Å². The van der Waals surface area contributed by atoms with Gasteiger partial charge in [0, 0.05) is 26.2 Å². The van der Waals surface area contributed by atoms with Gasteiger partial charge in [0.2, 0.25) is 0 Å². The number of aromatic nitrogens is 3. The van der Waals surface area contributed by atoms with Crippen LogP contribution in [0.5, 0.6) is 5.75 Å². The summed E-state index contributed by atoms with van der Waals surface area (Å²) in [6.07, 6.45) is 7.42. The third-order valence-electron chi connectivity index (χ3n) is 5.87. The summed E-state index contributed by atoms with van der Waals surface area (Å²) in [6.45, 7) is 7.28. The van der Waals surface area contributed by atoms with Crippen molar-refractivity contribution in [3.05, 3.63) is 41.7 Å². The predicted molar refractivity (Wildman–Crippen MR) is 111 cm³/mol. The Morgan fingerprint density at radius 1 is 1.10 bits per heavy atom. The lowest BCUT2D eigenvalue weighted by Gasteiger charge is -2.32. The molecule has 2 aliphatic rings. The Morgan fingerprint density at radius 2 is 1.90 bits per heavy atom. The molecule has 2 saturated heterocycles. The van der Waals surface area contributed by atoms with Crippen molar-refractivity contribution in [3.8, 4) is 5.75 Å². The zero-order chi connectivity index (χ0) is 20.1. The SMILES string of the molecule is CCOc1ccc(CN2CCC[C@H](n3cc(C(=O)N4CCCCC4)nn3)C2)cc1. The highest BCUT2D eigenvalue weighted by Gasteiger charge is 2.25. The molecule has 2 aliphatic heterocycles. The lowest BCUT2D eigenvalue weighted by atomic mass is 10.0. The summed E-state index contributed by atoms with van der Waals surface area (Å²) in [4.78, 5) is 17.0. The van der Waals surface area contributed by atoms with Crippen LogP contribution in [0.15, 0.2) is 30.5 Å². The van der Waals surface area contributed by atoms with E-state index in [-0.39, 0.29) is 11.9 Å². The number of amides is 1. The maximum atomic E-state index is 12.7. The van der Waals surface area contributed by atoms with Crippen molar-refractivity contribution in [3.63, 3.8) is 0 Å². The minimum atomic E-state index is 0.0259. The number of rotatable bonds is 6. The van der Waals surface area contributed by atoms with Crippen molar-refractivity contribution in [2.24, 2.45) is 0 Å². The number of benzene rings is 1. The van der Waals surface area contributed by atoms with Crippen LogP contribution in [0, 0.1) is 0 Å². The third kappa shape index (κ3) is 4.96. The molecule has 29 heavy (non-hydrogen) atoms. The molecular weight excluding hydrogens is 366 g/mol. The van der Waals surface area contributed by atoms with Gasteiger partial charge in [0.05, 0.1) is 18.8 Å². The van der Waals surface area contributed by atoms with Crippen LogP contribution in [-0.4, -0.2) is 63.5 Å². The second-order valence-electron chi connectivity index (χ2n) is 8.04. The fraction of sp³-hybridized carbons (Fsp3) is 0.591. The summed E-state index contributed by atoms with van der Waals surface area (Å²) < 4.78 is 7.43. The highest BCUT2D eigenvalue weighted by atomic mass is 16.5. The number of piperidine rings is 2. The number of hydrogen-bond acceptors (Lipinski definition) is 5. The van der Waals surface area contributed by atoms with E-state index < -0.39 is 0 Å². The zero-order valence-electron chi connectivity index (χ0n) is 17.3. The summed E-state index contributed by atoms with van der Waals surface area (Å²) >= 11 is 0. The first-order valence-electron chi connectivity index (χ1n) is 10.9. The second-order valence-corrected chi connectivity index (χ2v) is 8.04. The molecule has 156 valence electrons. The summed E-state index contributed by atoms with van der Waals surface area (Å²) in [7, 11) is 0. The van der Waals surface area contributed by atoms with Crippen LogP contribution in [0.3, 0.4) is 0 Å². The van der Waals surface area contributed by atoms with E-state index in [0.29, 0.717) is 12.3 Å². The van der Waals surface area contributed by atoms with Gasteiger partial charge >= 0.3 is 0 Å². The van der Waals surface area contributed by atoms with E-state index in [1.165, 1.54) is 12.0 Å². The van der Waals surface area contributed by atoms with Crippen molar-refractivity contribution < 1.29 is 9.53 Å². The quantitative estimate of drug-likeness (QED) is 0.749. The summed E-state index contributed by atoms with van der Waals surface area (Å²) in [5, 5.41) is 8.50. The van der Waals surface area contributed by atoms with E-state index in [4.69, 9.17) is 4.74 Å². The Balaban J connectivity index is 1.35. The monoisotopic (exact) mass is 397 g/mol. The van der Waals surface area contributed by atoms with Crippen molar-refractivity contribution >= 4 is 5.91 Å². The third-order valence-corrected chi connectivity index (χ3v) is 5.87. The Kier molecular flexibility index (Phi) is 6.44. The van der Waals surface area contributed by atoms with E-state index in [1.54, 1.807) is 0 Å². The lowest BCUT2D eigenvalue weighted by molar-refractivity contribution is 0.0718. The minimum absolute atomic E-state index is 0.0259. The molecule has 0 radical (unpaired) electrons. The van der Waals surface area contributed by atoms with Gasteiger partial charge in [-0.3, -0.25) is 9.69 Å². The molecule has 2 aromatic rings. The van der Waals surface area contributed by atoms with Crippen molar-refractivity contribution in [2.45, 2.75) is 51.6 Å². The highest BCUT2D eigenvalue weighted by molar-refractivity contribution is 5.91. The number of ether oxygens (including phenoxy) is 1. The van der Waals surface area contributed by atoms with Crippen LogP contribution < -0.4 is 4.74 Å². The van der Waals surface area contributed by atoms with Crippen LogP contribution in [0.1, 0.15) is 61.1 Å². The van der Waals surface area contributed by atoms with Crippen molar-refractivity contribution in [1.29, 1.82) is 0 Å². The molecule has 7 nitrogen and oxygen atoms in total. The summed E-state index contributed by atoms with van der Waals surface area (Å²) in [6, 6.07) is 8.62. The van der Waals surface area contributed by atoms with Gasteiger partial charge in [0.15, 0.2) is 5.69 Å². The van der Waals surface area contributed by atoms with Gasteiger partial charge in [-0.05, 0) is 63.3 Å². The Hall–Kier alpha value is -2.41. The standard InChI is InChI=1S/C22H31N5O2/c1-2-29-20-10-8-18(9-11-20)15-25-12-6-7-19(16-25)27-17-21(23-24-27)22(28)26-13-4-3-5-14-26/h8-11,17,19H,2-7,12-16H2,1H3/t19-/m0/s1. The van der Waals surface area contributed by atoms with Gasteiger partial charge in [-0.25, -0.2) is 4.68 Å². The Bertz CT molecular complexity index is 798. The average Bonchev–Trinajstić information content (AvgIpc) is 3.26. The van der Waals surface area contributed by atoms with E-state index >= 15 is 0 Å². The number of carbonyl (C=O) groups excluding carboxylic acids is 1. The molecule has 1 aromatic heterocycles. The van der Waals surface area contributed by atoms with Crippen molar-refractivity contribution in [1.82, 2.24) is 24.8 Å². The van der Waals surface area contributed by atoms with Gasteiger partial charge in [0.25, 0.3) is 5.91 Å². The first-order chi connectivity index (χ1) is 14.2. The Labute approximate surface area is 172 Å². The molecule has 0 unspecified atom stereocenters. The van der Waals surface area contributed by atoms with E-state index in [1.807, 2.05) is 34.8 Å². The van der Waals surface area contributed by atoms with Crippen LogP contribution in [0.4, 0.5) is 0 Å². The molecule has 2 fully saturated rings.